The average molecular weight is 476 g/mol. The van der Waals surface area contributed by atoms with Crippen molar-refractivity contribution in [2.45, 2.75) is 88.5 Å². The van der Waals surface area contributed by atoms with Gasteiger partial charge in [-0.15, -0.1) is 11.8 Å². The zero-order valence-electron chi connectivity index (χ0n) is 19.9. The first-order valence-corrected chi connectivity index (χ1v) is 13.6. The van der Waals surface area contributed by atoms with Crippen molar-refractivity contribution in [3.8, 4) is 5.88 Å². The van der Waals surface area contributed by atoms with Gasteiger partial charge in [0.1, 0.15) is 11.5 Å². The monoisotopic (exact) mass is 475 g/mol. The molecule has 7 nitrogen and oxygen atoms in total. The molecule has 1 aromatic heterocycles. The summed E-state index contributed by atoms with van der Waals surface area (Å²) in [7, 11) is 0. The molecular formula is C25H37N3O4S. The second-order valence-electron chi connectivity index (χ2n) is 11.8. The number of hydrogen-bond donors (Lipinski definition) is 2. The van der Waals surface area contributed by atoms with Gasteiger partial charge in [-0.25, -0.2) is 0 Å². The summed E-state index contributed by atoms with van der Waals surface area (Å²) in [5, 5.41) is 7.51. The number of nitrogens with one attached hydrogen (secondary N) is 1. The average Bonchev–Trinajstić information content (AvgIpc) is 3.39. The van der Waals surface area contributed by atoms with E-state index in [9.17, 15) is 9.59 Å². The van der Waals surface area contributed by atoms with Crippen LogP contribution in [0.4, 0.5) is 0 Å². The molecule has 5 aliphatic carbocycles. The minimum absolute atomic E-state index is 0.0852. The van der Waals surface area contributed by atoms with Crippen LogP contribution in [0, 0.1) is 29.1 Å². The van der Waals surface area contributed by atoms with E-state index >= 15 is 0 Å². The molecule has 0 radical (unpaired) electrons. The molecule has 5 aliphatic rings. The summed E-state index contributed by atoms with van der Waals surface area (Å²) in [6, 6.07) is 0. The molecule has 0 unspecified atom stereocenters. The number of aromatic nitrogens is 1. The maximum atomic E-state index is 13.5. The van der Waals surface area contributed by atoms with Gasteiger partial charge in [0.05, 0.1) is 5.41 Å². The molecule has 0 aliphatic heterocycles. The van der Waals surface area contributed by atoms with Crippen LogP contribution in [0.3, 0.4) is 0 Å². The highest BCUT2D eigenvalue weighted by atomic mass is 32.2. The highest BCUT2D eigenvalue weighted by molar-refractivity contribution is 7.99. The first kappa shape index (κ1) is 23.1. The molecule has 1 heterocycles. The molecule has 6 rings (SSSR count). The predicted molar refractivity (Wildman–Crippen MR) is 126 cm³/mol. The van der Waals surface area contributed by atoms with E-state index in [1.165, 1.54) is 44.9 Å². The van der Waals surface area contributed by atoms with Crippen molar-refractivity contribution in [1.82, 2.24) is 10.5 Å². The second kappa shape index (κ2) is 8.82. The van der Waals surface area contributed by atoms with Crippen molar-refractivity contribution in [3.63, 3.8) is 0 Å². The lowest BCUT2D eigenvalue weighted by Crippen LogP contribution is -2.59. The maximum absolute atomic E-state index is 13.5. The maximum Gasteiger partial charge on any atom is 0.291 e. The molecule has 33 heavy (non-hydrogen) atoms. The van der Waals surface area contributed by atoms with Gasteiger partial charge in [0.15, 0.2) is 0 Å². The van der Waals surface area contributed by atoms with Crippen LogP contribution < -0.4 is 15.8 Å². The van der Waals surface area contributed by atoms with Crippen LogP contribution in [-0.4, -0.2) is 34.9 Å². The van der Waals surface area contributed by atoms with E-state index in [2.05, 4.69) is 10.5 Å². The van der Waals surface area contributed by atoms with Crippen LogP contribution >= 0.6 is 11.8 Å². The Kier molecular flexibility index (Phi) is 6.17. The molecule has 8 heteroatoms. The van der Waals surface area contributed by atoms with E-state index < -0.39 is 11.3 Å². The topological polar surface area (TPSA) is 107 Å². The lowest BCUT2D eigenvalue weighted by atomic mass is 9.53. The van der Waals surface area contributed by atoms with Crippen molar-refractivity contribution in [2.75, 3.05) is 12.4 Å². The van der Waals surface area contributed by atoms with Gasteiger partial charge in [-0.2, -0.15) is 0 Å². The number of carbonyl (C=O) groups excluding carboxylic acids is 2. The van der Waals surface area contributed by atoms with Crippen LogP contribution in [-0.2, 0) is 4.79 Å². The Morgan fingerprint density at radius 2 is 1.76 bits per heavy atom. The summed E-state index contributed by atoms with van der Waals surface area (Å²) >= 11 is 1.60. The molecule has 0 aromatic carbocycles. The Labute approximate surface area is 200 Å². The van der Waals surface area contributed by atoms with Crippen molar-refractivity contribution in [3.05, 3.63) is 5.76 Å². The zero-order valence-corrected chi connectivity index (χ0v) is 20.7. The van der Waals surface area contributed by atoms with E-state index in [-0.39, 0.29) is 23.8 Å². The molecular weight excluding hydrogens is 438 g/mol. The number of ether oxygens (including phenoxy) is 1. The highest BCUT2D eigenvalue weighted by Gasteiger charge is 2.52. The lowest BCUT2D eigenvalue weighted by molar-refractivity contribution is -0.127. The molecule has 182 valence electrons. The van der Waals surface area contributed by atoms with Crippen molar-refractivity contribution in [1.29, 1.82) is 0 Å². The van der Waals surface area contributed by atoms with E-state index in [4.69, 9.17) is 15.0 Å². The van der Waals surface area contributed by atoms with Crippen molar-refractivity contribution in [2.24, 2.45) is 34.8 Å². The van der Waals surface area contributed by atoms with Crippen LogP contribution in [0.5, 0.6) is 5.88 Å². The van der Waals surface area contributed by atoms with Crippen LogP contribution in [0.2, 0.25) is 0 Å². The Morgan fingerprint density at radius 1 is 1.15 bits per heavy atom. The molecule has 0 spiro atoms. The van der Waals surface area contributed by atoms with Crippen LogP contribution in [0.15, 0.2) is 9.42 Å². The number of rotatable bonds is 9. The Balaban J connectivity index is 1.33. The molecule has 5 saturated carbocycles. The van der Waals surface area contributed by atoms with Crippen LogP contribution in [0.1, 0.15) is 88.6 Å². The summed E-state index contributed by atoms with van der Waals surface area (Å²) in [6.07, 6.45) is 12.2. The smallest absolute Gasteiger partial charge is 0.291 e. The van der Waals surface area contributed by atoms with Crippen molar-refractivity contribution >= 4 is 23.6 Å². The third kappa shape index (κ3) is 4.77. The van der Waals surface area contributed by atoms with Gasteiger partial charge in [-0.3, -0.25) is 9.59 Å². The quantitative estimate of drug-likeness (QED) is 0.508. The van der Waals surface area contributed by atoms with Gasteiger partial charge >= 0.3 is 0 Å². The summed E-state index contributed by atoms with van der Waals surface area (Å²) in [6.45, 7) is 3.56. The van der Waals surface area contributed by atoms with Crippen LogP contribution in [0.25, 0.3) is 0 Å². The molecule has 0 saturated heterocycles. The van der Waals surface area contributed by atoms with Gasteiger partial charge in [0.2, 0.25) is 11.7 Å². The number of amides is 2. The van der Waals surface area contributed by atoms with E-state index in [1.807, 2.05) is 0 Å². The summed E-state index contributed by atoms with van der Waals surface area (Å²) in [5.74, 6) is 3.72. The molecule has 1 aromatic rings. The lowest BCUT2D eigenvalue weighted by Gasteiger charge is -2.56. The Hall–Kier alpha value is -1.70. The third-order valence-electron chi connectivity index (χ3n) is 8.42. The van der Waals surface area contributed by atoms with Gasteiger partial charge in [-0.1, -0.05) is 12.8 Å². The second-order valence-corrected chi connectivity index (χ2v) is 12.8. The molecule has 3 N–H and O–H groups in total. The number of nitrogens with zero attached hydrogens (tertiary/aromatic N) is 1. The summed E-state index contributed by atoms with van der Waals surface area (Å²) in [5.41, 5.74) is 4.57. The number of nitrogens with two attached hydrogens (primary N) is 1. The summed E-state index contributed by atoms with van der Waals surface area (Å²) < 4.78 is 11.5. The fraction of sp³-hybridized carbons (Fsp3) is 0.800. The summed E-state index contributed by atoms with van der Waals surface area (Å²) in [4.78, 5) is 25.9. The number of carbonyl (C=O) groups is 2. The fourth-order valence-corrected chi connectivity index (χ4v) is 8.11. The normalized spacial score (nSPS) is 31.2. The number of primary amides is 1. The van der Waals surface area contributed by atoms with E-state index in [0.717, 1.165) is 42.8 Å². The number of hydrogen-bond acceptors (Lipinski definition) is 6. The standard InChI is InChI=1S/C25H37N3O4S/c1-24(2,23(26)30)14-31-22-20(33-13-15-5-3-4-6-15)19(32-28-22)21(29)27-25-10-16-7-17(11-25)9-18(8-16)12-25/h15-18H,3-14H2,1-2H3,(H2,26,30)(H,27,29). The SMILES string of the molecule is CC(C)(COc1noc(C(=O)NC23CC4CC(CC(C4)C2)C3)c1SCC1CCCC1)C(N)=O. The Morgan fingerprint density at radius 3 is 2.33 bits per heavy atom. The first-order valence-electron chi connectivity index (χ1n) is 12.6. The minimum Gasteiger partial charge on any atom is -0.474 e. The van der Waals surface area contributed by atoms with Gasteiger partial charge in [0.25, 0.3) is 11.8 Å². The van der Waals surface area contributed by atoms with Gasteiger partial charge in [0, 0.05) is 11.3 Å². The molecule has 5 fully saturated rings. The molecule has 4 bridgehead atoms. The number of thioether (sulfide) groups is 1. The third-order valence-corrected chi connectivity index (χ3v) is 9.71. The predicted octanol–water partition coefficient (Wildman–Crippen LogP) is 4.55. The van der Waals surface area contributed by atoms with E-state index in [0.29, 0.717) is 16.7 Å². The largest absolute Gasteiger partial charge is 0.474 e. The highest BCUT2D eigenvalue weighted by Crippen LogP contribution is 2.55. The van der Waals surface area contributed by atoms with Gasteiger partial charge in [-0.05, 0) is 94.0 Å². The first-order chi connectivity index (χ1) is 15.7. The molecule has 2 amide bonds. The zero-order chi connectivity index (χ0) is 23.2. The minimum atomic E-state index is -0.839. The Bertz CT molecular complexity index is 870. The van der Waals surface area contributed by atoms with Gasteiger partial charge < -0.3 is 20.3 Å². The fourth-order valence-electron chi connectivity index (χ4n) is 6.89. The van der Waals surface area contributed by atoms with Crippen molar-refractivity contribution < 1.29 is 18.8 Å². The molecule has 0 atom stereocenters. The van der Waals surface area contributed by atoms with E-state index in [1.54, 1.807) is 25.6 Å².